The number of carbonyl (C=O) groups is 1. The van der Waals surface area contributed by atoms with Gasteiger partial charge in [0.2, 0.25) is 5.91 Å². The topological polar surface area (TPSA) is 50.8 Å². The largest absolute Gasteiger partial charge is 0.497 e. The Bertz CT molecular complexity index is 549. The Morgan fingerprint density at radius 1 is 1.19 bits per heavy atom. The molecule has 26 heavy (non-hydrogen) atoms. The second kappa shape index (κ2) is 9.93. The molecule has 0 aromatic heterocycles. The summed E-state index contributed by atoms with van der Waals surface area (Å²) in [4.78, 5) is 14.9. The molecular formula is C21H32N2O3. The molecule has 1 unspecified atom stereocenters. The molecule has 5 nitrogen and oxygen atoms in total. The minimum absolute atomic E-state index is 0.181. The Hall–Kier alpha value is -1.59. The van der Waals surface area contributed by atoms with Crippen molar-refractivity contribution >= 4 is 5.91 Å². The molecule has 1 aromatic rings. The van der Waals surface area contributed by atoms with E-state index in [4.69, 9.17) is 9.47 Å². The predicted molar refractivity (Wildman–Crippen MR) is 102 cm³/mol. The Labute approximate surface area is 157 Å². The van der Waals surface area contributed by atoms with Crippen LogP contribution in [-0.4, -0.2) is 50.8 Å². The van der Waals surface area contributed by atoms with Gasteiger partial charge in [-0.05, 0) is 36.5 Å². The third-order valence-electron chi connectivity index (χ3n) is 5.68. The van der Waals surface area contributed by atoms with E-state index in [0.29, 0.717) is 18.9 Å². The van der Waals surface area contributed by atoms with E-state index in [-0.39, 0.29) is 11.9 Å². The summed E-state index contributed by atoms with van der Waals surface area (Å²) < 4.78 is 10.8. The number of rotatable bonds is 7. The molecule has 1 saturated carbocycles. The quantitative estimate of drug-likeness (QED) is 0.811. The zero-order valence-electron chi connectivity index (χ0n) is 15.9. The number of methoxy groups -OCH3 is 1. The lowest BCUT2D eigenvalue weighted by atomic mass is 9.87. The monoisotopic (exact) mass is 360 g/mol. The van der Waals surface area contributed by atoms with Crippen molar-refractivity contribution in [3.05, 3.63) is 29.8 Å². The predicted octanol–water partition coefficient (Wildman–Crippen LogP) is 3.16. The molecule has 1 amide bonds. The lowest BCUT2D eigenvalue weighted by Gasteiger charge is -2.35. The zero-order chi connectivity index (χ0) is 18.2. The molecule has 1 aromatic carbocycles. The van der Waals surface area contributed by atoms with Crippen LogP contribution in [0, 0.1) is 5.92 Å². The van der Waals surface area contributed by atoms with Gasteiger partial charge in [-0.1, -0.05) is 31.4 Å². The number of nitrogens with zero attached hydrogens (tertiary/aromatic N) is 1. The van der Waals surface area contributed by atoms with Crippen LogP contribution in [0.25, 0.3) is 0 Å². The van der Waals surface area contributed by atoms with Crippen molar-refractivity contribution in [1.82, 2.24) is 10.2 Å². The normalized spacial score (nSPS) is 20.5. The van der Waals surface area contributed by atoms with Crippen LogP contribution in [0.5, 0.6) is 5.75 Å². The highest BCUT2D eigenvalue weighted by Crippen LogP contribution is 2.27. The first kappa shape index (κ1) is 19.2. The van der Waals surface area contributed by atoms with Gasteiger partial charge in [-0.15, -0.1) is 0 Å². The molecule has 1 atom stereocenters. The van der Waals surface area contributed by atoms with Gasteiger partial charge in [0, 0.05) is 26.1 Å². The number of ether oxygens (including phenoxy) is 2. The van der Waals surface area contributed by atoms with Crippen molar-refractivity contribution in [1.29, 1.82) is 0 Å². The third-order valence-corrected chi connectivity index (χ3v) is 5.68. The van der Waals surface area contributed by atoms with Crippen molar-refractivity contribution in [2.45, 2.75) is 44.6 Å². The number of hydrogen-bond acceptors (Lipinski definition) is 4. The first-order valence-electron chi connectivity index (χ1n) is 9.98. The lowest BCUT2D eigenvalue weighted by molar-refractivity contribution is -0.122. The van der Waals surface area contributed by atoms with E-state index in [0.717, 1.165) is 32.1 Å². The smallest absolute Gasteiger partial charge is 0.220 e. The number of morpholine rings is 1. The molecule has 0 bridgehead atoms. The summed E-state index contributed by atoms with van der Waals surface area (Å²) in [5.41, 5.74) is 1.21. The number of benzene rings is 1. The van der Waals surface area contributed by atoms with Gasteiger partial charge < -0.3 is 14.8 Å². The molecule has 5 heteroatoms. The summed E-state index contributed by atoms with van der Waals surface area (Å²) >= 11 is 0. The first-order valence-corrected chi connectivity index (χ1v) is 9.98. The summed E-state index contributed by atoms with van der Waals surface area (Å²) in [5, 5.41) is 3.20. The van der Waals surface area contributed by atoms with Crippen molar-refractivity contribution < 1.29 is 14.3 Å². The van der Waals surface area contributed by atoms with Gasteiger partial charge in [-0.3, -0.25) is 9.69 Å². The average Bonchev–Trinajstić information content (AvgIpc) is 2.70. The van der Waals surface area contributed by atoms with E-state index in [1.807, 2.05) is 12.1 Å². The fourth-order valence-corrected chi connectivity index (χ4v) is 4.11. The van der Waals surface area contributed by atoms with E-state index in [1.165, 1.54) is 37.7 Å². The number of nitrogens with one attached hydrogen (secondary N) is 1. The summed E-state index contributed by atoms with van der Waals surface area (Å²) in [6, 6.07) is 8.37. The Morgan fingerprint density at radius 3 is 2.54 bits per heavy atom. The summed E-state index contributed by atoms with van der Waals surface area (Å²) in [7, 11) is 1.68. The van der Waals surface area contributed by atoms with Gasteiger partial charge >= 0.3 is 0 Å². The molecule has 1 saturated heterocycles. The van der Waals surface area contributed by atoms with Crippen molar-refractivity contribution in [2.75, 3.05) is 40.0 Å². The molecule has 144 valence electrons. The highest BCUT2D eigenvalue weighted by Gasteiger charge is 2.24. The van der Waals surface area contributed by atoms with Crippen molar-refractivity contribution in [3.63, 3.8) is 0 Å². The van der Waals surface area contributed by atoms with Crippen LogP contribution in [0.2, 0.25) is 0 Å². The molecule has 3 rings (SSSR count). The van der Waals surface area contributed by atoms with Gasteiger partial charge in [0.05, 0.1) is 26.4 Å². The maximum Gasteiger partial charge on any atom is 0.220 e. The molecule has 2 aliphatic rings. The van der Waals surface area contributed by atoms with Gasteiger partial charge in [-0.25, -0.2) is 0 Å². The zero-order valence-corrected chi connectivity index (χ0v) is 15.9. The average molecular weight is 360 g/mol. The highest BCUT2D eigenvalue weighted by molar-refractivity contribution is 5.76. The third kappa shape index (κ3) is 5.45. The van der Waals surface area contributed by atoms with E-state index in [2.05, 4.69) is 22.3 Å². The molecule has 1 N–H and O–H groups in total. The fraction of sp³-hybridized carbons (Fsp3) is 0.667. The minimum Gasteiger partial charge on any atom is -0.497 e. The SMILES string of the molecule is COc1ccc(C(CNC(=O)CC2CCCCC2)N2CCOCC2)cc1. The van der Waals surface area contributed by atoms with Crippen LogP contribution in [0.1, 0.15) is 50.1 Å². The lowest BCUT2D eigenvalue weighted by Crippen LogP contribution is -2.44. The number of amides is 1. The van der Waals surface area contributed by atoms with Crippen molar-refractivity contribution in [2.24, 2.45) is 5.92 Å². The number of carbonyl (C=O) groups excluding carboxylic acids is 1. The Kier molecular flexibility index (Phi) is 7.32. The van der Waals surface area contributed by atoms with Crippen LogP contribution in [0.4, 0.5) is 0 Å². The summed E-state index contributed by atoms with van der Waals surface area (Å²) in [6.45, 7) is 3.95. The van der Waals surface area contributed by atoms with Crippen molar-refractivity contribution in [3.8, 4) is 5.75 Å². The molecular weight excluding hydrogens is 328 g/mol. The van der Waals surface area contributed by atoms with Crippen LogP contribution in [-0.2, 0) is 9.53 Å². The van der Waals surface area contributed by atoms with Gasteiger partial charge in [-0.2, -0.15) is 0 Å². The maximum atomic E-state index is 12.5. The number of hydrogen-bond donors (Lipinski definition) is 1. The van der Waals surface area contributed by atoms with E-state index in [9.17, 15) is 4.79 Å². The second-order valence-electron chi connectivity index (χ2n) is 7.45. The van der Waals surface area contributed by atoms with Crippen LogP contribution in [0.3, 0.4) is 0 Å². The molecule has 1 aliphatic carbocycles. The summed E-state index contributed by atoms with van der Waals surface area (Å²) in [5.74, 6) is 1.63. The second-order valence-corrected chi connectivity index (χ2v) is 7.45. The first-order chi connectivity index (χ1) is 12.8. The summed E-state index contributed by atoms with van der Waals surface area (Å²) in [6.07, 6.45) is 6.98. The maximum absolute atomic E-state index is 12.5. The van der Waals surface area contributed by atoms with Gasteiger partial charge in [0.25, 0.3) is 0 Å². The minimum atomic E-state index is 0.181. The molecule has 1 heterocycles. The molecule has 0 spiro atoms. The fourth-order valence-electron chi connectivity index (χ4n) is 4.11. The van der Waals surface area contributed by atoms with Gasteiger partial charge in [0.15, 0.2) is 0 Å². The van der Waals surface area contributed by atoms with Crippen LogP contribution in [0.15, 0.2) is 24.3 Å². The highest BCUT2D eigenvalue weighted by atomic mass is 16.5. The molecule has 1 aliphatic heterocycles. The Balaban J connectivity index is 1.59. The van der Waals surface area contributed by atoms with E-state index in [1.54, 1.807) is 7.11 Å². The van der Waals surface area contributed by atoms with Gasteiger partial charge in [0.1, 0.15) is 5.75 Å². The molecule has 0 radical (unpaired) electrons. The Morgan fingerprint density at radius 2 is 1.88 bits per heavy atom. The standard InChI is InChI=1S/C21H32N2O3/c1-25-19-9-7-18(8-10-19)20(23-11-13-26-14-12-23)16-22-21(24)15-17-5-3-2-4-6-17/h7-10,17,20H,2-6,11-16H2,1H3,(H,22,24). The van der Waals surface area contributed by atoms with E-state index < -0.39 is 0 Å². The van der Waals surface area contributed by atoms with Crippen LogP contribution < -0.4 is 10.1 Å². The molecule has 2 fully saturated rings. The van der Waals surface area contributed by atoms with E-state index >= 15 is 0 Å². The van der Waals surface area contributed by atoms with Crippen LogP contribution >= 0.6 is 0 Å².